The van der Waals surface area contributed by atoms with Crippen molar-refractivity contribution in [2.75, 3.05) is 18.0 Å². The zero-order valence-electron chi connectivity index (χ0n) is 14.3. The molecule has 122 valence electrons. The lowest BCUT2D eigenvalue weighted by atomic mass is 10.2. The molecule has 3 heteroatoms. The van der Waals surface area contributed by atoms with Crippen molar-refractivity contribution in [3.8, 4) is 5.69 Å². The van der Waals surface area contributed by atoms with Crippen molar-refractivity contribution < 1.29 is 0 Å². The molecule has 24 heavy (non-hydrogen) atoms. The van der Waals surface area contributed by atoms with Crippen LogP contribution in [0, 0.1) is 0 Å². The van der Waals surface area contributed by atoms with E-state index in [0.29, 0.717) is 0 Å². The molecular weight excluding hydrogens is 294 g/mol. The van der Waals surface area contributed by atoms with Gasteiger partial charge in [-0.3, -0.25) is 4.99 Å². The molecule has 0 bridgehead atoms. The van der Waals surface area contributed by atoms with Gasteiger partial charge in [0, 0.05) is 48.6 Å². The maximum Gasteiger partial charge on any atom is 0.0631 e. The quantitative estimate of drug-likeness (QED) is 0.581. The van der Waals surface area contributed by atoms with Crippen LogP contribution in [0.5, 0.6) is 0 Å². The third kappa shape index (κ3) is 3.74. The van der Waals surface area contributed by atoms with Crippen LogP contribution in [0.1, 0.15) is 19.4 Å². The van der Waals surface area contributed by atoms with Gasteiger partial charge in [-0.1, -0.05) is 18.2 Å². The van der Waals surface area contributed by atoms with Gasteiger partial charge in [0.05, 0.1) is 5.69 Å². The van der Waals surface area contributed by atoms with Crippen LogP contribution in [-0.4, -0.2) is 23.9 Å². The van der Waals surface area contributed by atoms with Gasteiger partial charge in [-0.05, 0) is 56.3 Å². The molecule has 0 spiro atoms. The van der Waals surface area contributed by atoms with Crippen molar-refractivity contribution in [2.45, 2.75) is 13.8 Å². The largest absolute Gasteiger partial charge is 0.372 e. The number of para-hydroxylation sites is 1. The molecule has 2 aromatic carbocycles. The molecule has 0 aliphatic rings. The standard InChI is InChI=1S/C21H23N3/c1-3-23(4-2)21-12-10-19(11-13-21)22-16-18-14-15-24(17-18)20-8-6-5-7-9-20/h5-17H,3-4H2,1-2H3. The molecule has 0 amide bonds. The summed E-state index contributed by atoms with van der Waals surface area (Å²) in [4.78, 5) is 6.91. The van der Waals surface area contributed by atoms with Gasteiger partial charge in [0.1, 0.15) is 0 Å². The number of nitrogens with zero attached hydrogens (tertiary/aromatic N) is 3. The molecule has 0 saturated heterocycles. The van der Waals surface area contributed by atoms with Crippen LogP contribution < -0.4 is 4.90 Å². The maximum atomic E-state index is 4.58. The minimum atomic E-state index is 0.971. The first-order valence-corrected chi connectivity index (χ1v) is 8.42. The van der Waals surface area contributed by atoms with E-state index >= 15 is 0 Å². The van der Waals surface area contributed by atoms with Gasteiger partial charge in [0.2, 0.25) is 0 Å². The Kier molecular flexibility index (Phi) is 5.12. The van der Waals surface area contributed by atoms with E-state index < -0.39 is 0 Å². The molecule has 0 aliphatic carbocycles. The zero-order valence-corrected chi connectivity index (χ0v) is 14.3. The highest BCUT2D eigenvalue weighted by Crippen LogP contribution is 2.19. The second kappa shape index (κ2) is 7.64. The van der Waals surface area contributed by atoms with Crippen molar-refractivity contribution in [3.05, 3.63) is 78.6 Å². The molecule has 0 unspecified atom stereocenters. The Bertz CT molecular complexity index is 781. The van der Waals surface area contributed by atoms with Crippen LogP contribution in [0.4, 0.5) is 11.4 Å². The first-order valence-electron chi connectivity index (χ1n) is 8.42. The Morgan fingerprint density at radius 2 is 1.62 bits per heavy atom. The summed E-state index contributed by atoms with van der Waals surface area (Å²) in [5.74, 6) is 0. The smallest absolute Gasteiger partial charge is 0.0631 e. The Morgan fingerprint density at radius 1 is 0.917 bits per heavy atom. The number of rotatable bonds is 6. The van der Waals surface area contributed by atoms with Crippen LogP contribution in [0.3, 0.4) is 0 Å². The van der Waals surface area contributed by atoms with Crippen LogP contribution in [0.15, 0.2) is 78.0 Å². The molecule has 0 saturated carbocycles. The summed E-state index contributed by atoms with van der Waals surface area (Å²) < 4.78 is 2.10. The molecule has 3 aromatic rings. The molecule has 1 heterocycles. The third-order valence-corrected chi connectivity index (χ3v) is 4.11. The molecule has 0 atom stereocenters. The molecule has 0 N–H and O–H groups in total. The Morgan fingerprint density at radius 3 is 2.29 bits per heavy atom. The molecule has 0 radical (unpaired) electrons. The van der Waals surface area contributed by atoms with E-state index in [-0.39, 0.29) is 0 Å². The topological polar surface area (TPSA) is 20.5 Å². The minimum Gasteiger partial charge on any atom is -0.372 e. The summed E-state index contributed by atoms with van der Waals surface area (Å²) in [6.45, 7) is 6.39. The Labute approximate surface area is 143 Å². The first-order chi connectivity index (χ1) is 11.8. The lowest BCUT2D eigenvalue weighted by molar-refractivity contribution is 0.866. The lowest BCUT2D eigenvalue weighted by Crippen LogP contribution is -2.21. The van der Waals surface area contributed by atoms with Crippen LogP contribution in [0.2, 0.25) is 0 Å². The molecule has 0 aliphatic heterocycles. The van der Waals surface area contributed by atoms with Crippen molar-refractivity contribution >= 4 is 17.6 Å². The average Bonchev–Trinajstić information content (AvgIpc) is 3.12. The van der Waals surface area contributed by atoms with Crippen LogP contribution in [0.25, 0.3) is 5.69 Å². The van der Waals surface area contributed by atoms with Gasteiger partial charge >= 0.3 is 0 Å². The SMILES string of the molecule is CCN(CC)c1ccc(N=Cc2ccn(-c3ccccc3)c2)cc1. The normalized spacial score (nSPS) is 11.1. The van der Waals surface area contributed by atoms with E-state index in [1.807, 2.05) is 24.4 Å². The van der Waals surface area contributed by atoms with Gasteiger partial charge in [-0.25, -0.2) is 0 Å². The predicted octanol–water partition coefficient (Wildman–Crippen LogP) is 5.07. The number of hydrogen-bond donors (Lipinski definition) is 0. The summed E-state index contributed by atoms with van der Waals surface area (Å²) in [5.41, 5.74) is 4.46. The second-order valence-electron chi connectivity index (χ2n) is 5.63. The van der Waals surface area contributed by atoms with Gasteiger partial charge in [0.15, 0.2) is 0 Å². The Hall–Kier alpha value is -2.81. The maximum absolute atomic E-state index is 4.58. The fraction of sp³-hybridized carbons (Fsp3) is 0.190. The summed E-state index contributed by atoms with van der Waals surface area (Å²) in [5, 5.41) is 0. The molecule has 1 aromatic heterocycles. The van der Waals surface area contributed by atoms with Crippen molar-refractivity contribution in [3.63, 3.8) is 0 Å². The van der Waals surface area contributed by atoms with Gasteiger partial charge in [-0.2, -0.15) is 0 Å². The highest BCUT2D eigenvalue weighted by Gasteiger charge is 2.01. The van der Waals surface area contributed by atoms with Gasteiger partial charge < -0.3 is 9.47 Å². The van der Waals surface area contributed by atoms with Gasteiger partial charge in [0.25, 0.3) is 0 Å². The van der Waals surface area contributed by atoms with E-state index in [4.69, 9.17) is 0 Å². The van der Waals surface area contributed by atoms with Crippen molar-refractivity contribution in [1.29, 1.82) is 0 Å². The fourth-order valence-corrected chi connectivity index (χ4v) is 2.74. The number of benzene rings is 2. The zero-order chi connectivity index (χ0) is 16.8. The summed E-state index contributed by atoms with van der Waals surface area (Å²) in [6, 6.07) is 20.8. The minimum absolute atomic E-state index is 0.971. The number of hydrogen-bond acceptors (Lipinski definition) is 2. The van der Waals surface area contributed by atoms with Crippen molar-refractivity contribution in [2.24, 2.45) is 4.99 Å². The highest BCUT2D eigenvalue weighted by molar-refractivity contribution is 5.82. The van der Waals surface area contributed by atoms with Crippen LogP contribution in [-0.2, 0) is 0 Å². The van der Waals surface area contributed by atoms with Gasteiger partial charge in [-0.15, -0.1) is 0 Å². The second-order valence-corrected chi connectivity index (χ2v) is 5.63. The summed E-state index contributed by atoms with van der Waals surface area (Å²) in [6.07, 6.45) is 6.05. The fourth-order valence-electron chi connectivity index (χ4n) is 2.74. The van der Waals surface area contributed by atoms with E-state index in [2.05, 4.69) is 83.2 Å². The molecule has 3 nitrogen and oxygen atoms in total. The third-order valence-electron chi connectivity index (χ3n) is 4.11. The van der Waals surface area contributed by atoms with Crippen molar-refractivity contribution in [1.82, 2.24) is 4.57 Å². The van der Waals surface area contributed by atoms with Crippen LogP contribution >= 0.6 is 0 Å². The number of aliphatic imine (C=N–C) groups is 1. The van der Waals surface area contributed by atoms with E-state index in [1.54, 1.807) is 0 Å². The first kappa shape index (κ1) is 16.1. The molecule has 0 fully saturated rings. The number of aromatic nitrogens is 1. The monoisotopic (exact) mass is 317 g/mol. The molecular formula is C21H23N3. The summed E-state index contributed by atoms with van der Waals surface area (Å²) >= 11 is 0. The van der Waals surface area contributed by atoms with E-state index in [0.717, 1.165) is 30.0 Å². The predicted molar refractivity (Wildman–Crippen MR) is 103 cm³/mol. The highest BCUT2D eigenvalue weighted by atomic mass is 15.1. The number of anilines is 1. The molecule has 3 rings (SSSR count). The Balaban J connectivity index is 1.71. The van der Waals surface area contributed by atoms with E-state index in [1.165, 1.54) is 5.69 Å². The summed E-state index contributed by atoms with van der Waals surface area (Å²) in [7, 11) is 0. The lowest BCUT2D eigenvalue weighted by Gasteiger charge is -2.20. The van der Waals surface area contributed by atoms with E-state index in [9.17, 15) is 0 Å². The average molecular weight is 317 g/mol.